The second-order valence-corrected chi connectivity index (χ2v) is 6.42. The fraction of sp³-hybridized carbons (Fsp3) is 1.00. The van der Waals surface area contributed by atoms with Gasteiger partial charge in [-0.15, -0.1) is 0 Å². The Morgan fingerprint density at radius 1 is 1.50 bits per heavy atom. The first-order chi connectivity index (χ1) is 6.45. The van der Waals surface area contributed by atoms with Crippen LogP contribution in [0.1, 0.15) is 26.2 Å². The van der Waals surface area contributed by atoms with Crippen LogP contribution in [0.25, 0.3) is 0 Å². The van der Waals surface area contributed by atoms with E-state index in [1.807, 2.05) is 6.92 Å². The highest BCUT2D eigenvalue weighted by molar-refractivity contribution is 7.91. The Bertz CT molecular complexity index is 276. The van der Waals surface area contributed by atoms with Crippen LogP contribution in [0.5, 0.6) is 0 Å². The van der Waals surface area contributed by atoms with E-state index in [-0.39, 0.29) is 23.9 Å². The van der Waals surface area contributed by atoms with Crippen LogP contribution < -0.4 is 5.32 Å². The van der Waals surface area contributed by atoms with Crippen LogP contribution in [-0.2, 0) is 9.84 Å². The first kappa shape index (κ1) is 11.9. The molecule has 14 heavy (non-hydrogen) atoms. The molecule has 0 aromatic rings. The molecule has 0 aromatic heterocycles. The molecule has 1 fully saturated rings. The number of rotatable bonds is 4. The van der Waals surface area contributed by atoms with E-state index in [1.165, 1.54) is 6.26 Å². The van der Waals surface area contributed by atoms with Crippen molar-refractivity contribution in [3.63, 3.8) is 0 Å². The van der Waals surface area contributed by atoms with Crippen LogP contribution in [0.2, 0.25) is 0 Å². The minimum absolute atomic E-state index is 0.0205. The Morgan fingerprint density at radius 3 is 2.64 bits per heavy atom. The third kappa shape index (κ3) is 2.93. The Hall–Kier alpha value is -0.130. The Kier molecular flexibility index (Phi) is 3.92. The molecule has 0 bridgehead atoms. The third-order valence-electron chi connectivity index (χ3n) is 2.77. The highest BCUT2D eigenvalue weighted by Crippen LogP contribution is 2.25. The molecule has 5 heteroatoms. The Morgan fingerprint density at radius 2 is 2.14 bits per heavy atom. The summed E-state index contributed by atoms with van der Waals surface area (Å²) in [6.07, 6.45) is 3.88. The van der Waals surface area contributed by atoms with Gasteiger partial charge in [-0.3, -0.25) is 0 Å². The van der Waals surface area contributed by atoms with Crippen LogP contribution in [0.4, 0.5) is 0 Å². The normalized spacial score (nSPS) is 30.5. The van der Waals surface area contributed by atoms with Crippen molar-refractivity contribution in [3.8, 4) is 0 Å². The van der Waals surface area contributed by atoms with Gasteiger partial charge in [-0.1, -0.05) is 6.42 Å². The Balaban J connectivity index is 2.60. The van der Waals surface area contributed by atoms with Crippen molar-refractivity contribution in [1.29, 1.82) is 0 Å². The van der Waals surface area contributed by atoms with E-state index in [0.717, 1.165) is 19.3 Å². The number of aliphatic hydroxyl groups is 1. The van der Waals surface area contributed by atoms with E-state index in [2.05, 4.69) is 5.32 Å². The molecule has 0 spiro atoms. The number of hydrogen-bond acceptors (Lipinski definition) is 4. The first-order valence-corrected chi connectivity index (χ1v) is 6.96. The number of hydrogen-bond donors (Lipinski definition) is 2. The second-order valence-electron chi connectivity index (χ2n) is 4.16. The molecule has 2 N–H and O–H groups in total. The monoisotopic (exact) mass is 221 g/mol. The molecule has 1 aliphatic carbocycles. The van der Waals surface area contributed by atoms with E-state index >= 15 is 0 Å². The molecule has 3 atom stereocenters. The first-order valence-electron chi connectivity index (χ1n) is 5.01. The summed E-state index contributed by atoms with van der Waals surface area (Å²) in [5.41, 5.74) is 0. The summed E-state index contributed by atoms with van der Waals surface area (Å²) in [5.74, 6) is 0. The standard InChI is InChI=1S/C9H19NO3S/c1-7(6-11)10-8-4-3-5-9(8)14(2,12)13/h7-11H,3-6H2,1-2H3/t7-,8?,9?/m1/s1. The van der Waals surface area contributed by atoms with Crippen LogP contribution in [0.3, 0.4) is 0 Å². The highest BCUT2D eigenvalue weighted by Gasteiger charge is 2.34. The van der Waals surface area contributed by atoms with Crippen molar-refractivity contribution in [2.24, 2.45) is 0 Å². The van der Waals surface area contributed by atoms with Crippen LogP contribution >= 0.6 is 0 Å². The van der Waals surface area contributed by atoms with Crippen molar-refractivity contribution in [2.45, 2.75) is 43.5 Å². The number of nitrogens with one attached hydrogen (secondary N) is 1. The van der Waals surface area contributed by atoms with E-state index in [4.69, 9.17) is 5.11 Å². The molecule has 0 saturated heterocycles. The van der Waals surface area contributed by atoms with Gasteiger partial charge in [0, 0.05) is 18.3 Å². The molecular weight excluding hydrogens is 202 g/mol. The number of sulfone groups is 1. The molecule has 0 aromatic carbocycles. The summed E-state index contributed by atoms with van der Waals surface area (Å²) in [6.45, 7) is 1.91. The van der Waals surface area contributed by atoms with Gasteiger partial charge in [0.25, 0.3) is 0 Å². The van der Waals surface area contributed by atoms with Crippen molar-refractivity contribution in [1.82, 2.24) is 5.32 Å². The third-order valence-corrected chi connectivity index (χ3v) is 4.44. The average molecular weight is 221 g/mol. The molecule has 0 radical (unpaired) electrons. The van der Waals surface area contributed by atoms with Gasteiger partial charge in [0.05, 0.1) is 11.9 Å². The lowest BCUT2D eigenvalue weighted by molar-refractivity contribution is 0.241. The minimum atomic E-state index is -2.95. The van der Waals surface area contributed by atoms with Gasteiger partial charge in [0.1, 0.15) is 0 Å². The quantitative estimate of drug-likeness (QED) is 0.697. The van der Waals surface area contributed by atoms with E-state index < -0.39 is 9.84 Å². The lowest BCUT2D eigenvalue weighted by Gasteiger charge is -2.22. The molecule has 1 saturated carbocycles. The zero-order valence-corrected chi connectivity index (χ0v) is 9.55. The van der Waals surface area contributed by atoms with Crippen molar-refractivity contribution >= 4 is 9.84 Å². The molecule has 84 valence electrons. The van der Waals surface area contributed by atoms with Crippen molar-refractivity contribution in [3.05, 3.63) is 0 Å². The topological polar surface area (TPSA) is 66.4 Å². The van der Waals surface area contributed by atoms with Gasteiger partial charge in [-0.2, -0.15) is 0 Å². The van der Waals surface area contributed by atoms with Gasteiger partial charge >= 0.3 is 0 Å². The predicted octanol–water partition coefficient (Wildman–Crippen LogP) is -0.0775. The van der Waals surface area contributed by atoms with Crippen molar-refractivity contribution < 1.29 is 13.5 Å². The summed E-state index contributed by atoms with van der Waals surface area (Å²) in [7, 11) is -2.95. The molecule has 0 aliphatic heterocycles. The summed E-state index contributed by atoms with van der Waals surface area (Å²) < 4.78 is 22.8. The zero-order valence-electron chi connectivity index (χ0n) is 8.73. The predicted molar refractivity (Wildman–Crippen MR) is 56.0 cm³/mol. The van der Waals surface area contributed by atoms with Gasteiger partial charge in [-0.25, -0.2) is 8.42 Å². The molecule has 0 heterocycles. The summed E-state index contributed by atoms with van der Waals surface area (Å²) in [5, 5.41) is 11.8. The van der Waals surface area contributed by atoms with Gasteiger partial charge in [-0.05, 0) is 19.8 Å². The van der Waals surface area contributed by atoms with E-state index in [0.29, 0.717) is 0 Å². The van der Waals surface area contributed by atoms with E-state index in [9.17, 15) is 8.42 Å². The maximum absolute atomic E-state index is 11.4. The molecular formula is C9H19NO3S. The molecule has 1 aliphatic rings. The van der Waals surface area contributed by atoms with Gasteiger partial charge in [0.15, 0.2) is 9.84 Å². The fourth-order valence-electron chi connectivity index (χ4n) is 2.05. The summed E-state index contributed by atoms with van der Waals surface area (Å²) in [6, 6.07) is -0.00509. The SMILES string of the molecule is C[C@H](CO)NC1CCCC1S(C)(=O)=O. The summed E-state index contributed by atoms with van der Waals surface area (Å²) in [4.78, 5) is 0. The zero-order chi connectivity index (χ0) is 10.8. The van der Waals surface area contributed by atoms with Crippen LogP contribution in [-0.4, -0.2) is 43.7 Å². The van der Waals surface area contributed by atoms with Crippen LogP contribution in [0, 0.1) is 0 Å². The minimum Gasteiger partial charge on any atom is -0.395 e. The smallest absolute Gasteiger partial charge is 0.151 e. The fourth-order valence-corrected chi connectivity index (χ4v) is 3.45. The maximum Gasteiger partial charge on any atom is 0.151 e. The highest BCUT2D eigenvalue weighted by atomic mass is 32.2. The molecule has 2 unspecified atom stereocenters. The molecule has 1 rings (SSSR count). The molecule has 0 amide bonds. The van der Waals surface area contributed by atoms with Crippen molar-refractivity contribution in [2.75, 3.05) is 12.9 Å². The largest absolute Gasteiger partial charge is 0.395 e. The second kappa shape index (κ2) is 4.59. The van der Waals surface area contributed by atoms with Gasteiger partial charge in [0.2, 0.25) is 0 Å². The van der Waals surface area contributed by atoms with Crippen LogP contribution in [0.15, 0.2) is 0 Å². The Labute approximate surface area is 85.6 Å². The maximum atomic E-state index is 11.4. The number of aliphatic hydroxyl groups excluding tert-OH is 1. The summed E-state index contributed by atoms with van der Waals surface area (Å²) >= 11 is 0. The van der Waals surface area contributed by atoms with E-state index in [1.54, 1.807) is 0 Å². The molecule has 4 nitrogen and oxygen atoms in total. The lowest BCUT2D eigenvalue weighted by Crippen LogP contribution is -2.45. The van der Waals surface area contributed by atoms with Gasteiger partial charge < -0.3 is 10.4 Å². The average Bonchev–Trinajstić information content (AvgIpc) is 2.51. The lowest BCUT2D eigenvalue weighted by atomic mass is 10.2.